The van der Waals surface area contributed by atoms with Gasteiger partial charge in [0.2, 0.25) is 5.78 Å². The average Bonchev–Trinajstić information content (AvgIpc) is 2.88. The molecule has 0 saturated carbocycles. The largest absolute Gasteiger partial charge is 0.507 e. The minimum atomic E-state index is -2.52. The third-order valence-electron chi connectivity index (χ3n) is 7.28. The van der Waals surface area contributed by atoms with Gasteiger partial charge in [0, 0.05) is 11.1 Å². The molecule has 2 aliphatic rings. The summed E-state index contributed by atoms with van der Waals surface area (Å²) >= 11 is 0. The van der Waals surface area contributed by atoms with Crippen molar-refractivity contribution in [1.29, 1.82) is 0 Å². The van der Waals surface area contributed by atoms with Crippen LogP contribution in [-0.2, 0) is 26.5 Å². The van der Waals surface area contributed by atoms with Gasteiger partial charge in [-0.1, -0.05) is 12.1 Å². The van der Waals surface area contributed by atoms with Crippen LogP contribution >= 0.6 is 0 Å². The van der Waals surface area contributed by atoms with Crippen LogP contribution in [-0.4, -0.2) is 95.8 Å². The standard InChI is InChI=1S/C26H30O12/c1-10(11(2)28)25(35)37-9-12-6-14-19(16(30)7-12)21(32)18-13(4-3-5-15(18)29)26(14,36)24-23(34)22(33)20(31)17(8-27)38-24/h3-7,10-11,17,20,22-24,27-31,33-34,36H,8-9H2,1-2H3/t10-,11+,17-,20-,22+,23-,24-,26+/m1/s1. The number of benzene rings is 2. The molecule has 0 aromatic heterocycles. The van der Waals surface area contributed by atoms with Crippen LogP contribution in [0.1, 0.15) is 46.5 Å². The van der Waals surface area contributed by atoms with Crippen molar-refractivity contribution in [2.24, 2.45) is 5.92 Å². The molecule has 0 spiro atoms. The summed E-state index contributed by atoms with van der Waals surface area (Å²) in [4.78, 5) is 25.6. The second kappa shape index (κ2) is 10.2. The number of ether oxygens (including phenoxy) is 2. The molecule has 2 aromatic rings. The third-order valence-corrected chi connectivity index (χ3v) is 7.28. The van der Waals surface area contributed by atoms with Crippen molar-refractivity contribution in [1.82, 2.24) is 0 Å². The number of carbonyl (C=O) groups excluding carboxylic acids is 2. The number of hydrogen-bond donors (Lipinski definition) is 8. The van der Waals surface area contributed by atoms with Crippen LogP contribution in [0.25, 0.3) is 0 Å². The van der Waals surface area contributed by atoms with Gasteiger partial charge in [-0.25, -0.2) is 0 Å². The van der Waals surface area contributed by atoms with Crippen LogP contribution in [0, 0.1) is 5.92 Å². The first-order valence-corrected chi connectivity index (χ1v) is 12.0. The van der Waals surface area contributed by atoms with E-state index in [2.05, 4.69) is 0 Å². The van der Waals surface area contributed by atoms with Crippen LogP contribution < -0.4 is 0 Å². The predicted octanol–water partition coefficient (Wildman–Crippen LogP) is -1.22. The van der Waals surface area contributed by atoms with E-state index in [-0.39, 0.29) is 22.3 Å². The van der Waals surface area contributed by atoms with E-state index in [9.17, 15) is 50.4 Å². The Hall–Kier alpha value is -3.10. The first kappa shape index (κ1) is 27.9. The van der Waals surface area contributed by atoms with Gasteiger partial charge in [0.1, 0.15) is 54.2 Å². The van der Waals surface area contributed by atoms with Crippen molar-refractivity contribution in [2.45, 2.75) is 62.7 Å². The molecule has 8 N–H and O–H groups in total. The van der Waals surface area contributed by atoms with Crippen molar-refractivity contribution in [3.8, 4) is 11.5 Å². The lowest BCUT2D eigenvalue weighted by Gasteiger charge is -2.49. The van der Waals surface area contributed by atoms with Gasteiger partial charge in [-0.3, -0.25) is 9.59 Å². The van der Waals surface area contributed by atoms with Crippen LogP contribution in [0.15, 0.2) is 30.3 Å². The van der Waals surface area contributed by atoms with Gasteiger partial charge in [-0.15, -0.1) is 0 Å². The van der Waals surface area contributed by atoms with Gasteiger partial charge in [0.15, 0.2) is 0 Å². The van der Waals surface area contributed by atoms with Gasteiger partial charge >= 0.3 is 5.97 Å². The maximum absolute atomic E-state index is 13.4. The van der Waals surface area contributed by atoms with Crippen LogP contribution in [0.3, 0.4) is 0 Å². The van der Waals surface area contributed by atoms with E-state index >= 15 is 0 Å². The first-order chi connectivity index (χ1) is 17.8. The molecule has 2 aromatic carbocycles. The number of aliphatic hydroxyl groups is 6. The van der Waals surface area contributed by atoms with E-state index < -0.39 is 90.2 Å². The zero-order chi connectivity index (χ0) is 28.1. The highest BCUT2D eigenvalue weighted by molar-refractivity contribution is 6.16. The number of aromatic hydroxyl groups is 2. The first-order valence-electron chi connectivity index (χ1n) is 12.0. The Bertz CT molecular complexity index is 1240. The van der Waals surface area contributed by atoms with Crippen molar-refractivity contribution in [2.75, 3.05) is 6.61 Å². The molecular formula is C26H30O12. The molecule has 1 aliphatic heterocycles. The van der Waals surface area contributed by atoms with Gasteiger partial charge in [0.05, 0.1) is 29.8 Å². The molecule has 12 nitrogen and oxygen atoms in total. The van der Waals surface area contributed by atoms with Gasteiger partial charge < -0.3 is 50.3 Å². The fraction of sp³-hybridized carbons (Fsp3) is 0.462. The van der Waals surface area contributed by atoms with Gasteiger partial charge in [0.25, 0.3) is 0 Å². The molecule has 38 heavy (non-hydrogen) atoms. The zero-order valence-corrected chi connectivity index (χ0v) is 20.6. The van der Waals surface area contributed by atoms with E-state index in [1.54, 1.807) is 0 Å². The molecule has 206 valence electrons. The summed E-state index contributed by atoms with van der Waals surface area (Å²) in [5, 5.41) is 84.4. The Balaban J connectivity index is 1.88. The minimum Gasteiger partial charge on any atom is -0.507 e. The maximum Gasteiger partial charge on any atom is 0.311 e. The summed E-state index contributed by atoms with van der Waals surface area (Å²) in [7, 11) is 0. The number of rotatable bonds is 6. The van der Waals surface area contributed by atoms with Gasteiger partial charge in [-0.05, 0) is 37.6 Å². The average molecular weight is 535 g/mol. The maximum atomic E-state index is 13.4. The molecule has 12 heteroatoms. The van der Waals surface area contributed by atoms with E-state index in [0.29, 0.717) is 0 Å². The Morgan fingerprint density at radius 1 is 1.03 bits per heavy atom. The molecule has 0 unspecified atom stereocenters. The number of carbonyl (C=O) groups is 2. The number of ketones is 1. The Morgan fingerprint density at radius 3 is 2.32 bits per heavy atom. The normalized spacial score (nSPS) is 30.2. The van der Waals surface area contributed by atoms with Crippen molar-refractivity contribution < 1.29 is 59.9 Å². The Labute approximate surface area is 216 Å². The van der Waals surface area contributed by atoms with Crippen molar-refractivity contribution >= 4 is 11.8 Å². The summed E-state index contributed by atoms with van der Waals surface area (Å²) in [5.74, 6) is -3.63. The molecule has 1 heterocycles. The number of esters is 1. The molecule has 0 bridgehead atoms. The third kappa shape index (κ3) is 4.33. The molecule has 1 saturated heterocycles. The summed E-state index contributed by atoms with van der Waals surface area (Å²) in [6.07, 6.45) is -9.78. The summed E-state index contributed by atoms with van der Waals surface area (Å²) < 4.78 is 10.9. The lowest BCUT2D eigenvalue weighted by Crippen LogP contribution is -2.65. The molecular weight excluding hydrogens is 504 g/mol. The molecule has 8 atom stereocenters. The second-order valence-electron chi connectivity index (χ2n) is 9.72. The highest BCUT2D eigenvalue weighted by Gasteiger charge is 2.58. The highest BCUT2D eigenvalue weighted by atomic mass is 16.6. The molecule has 0 radical (unpaired) electrons. The highest BCUT2D eigenvalue weighted by Crippen LogP contribution is 2.50. The predicted molar refractivity (Wildman–Crippen MR) is 127 cm³/mol. The number of phenols is 2. The topological polar surface area (TPSA) is 214 Å². The van der Waals surface area contributed by atoms with E-state index in [4.69, 9.17) is 9.47 Å². The monoisotopic (exact) mass is 534 g/mol. The zero-order valence-electron chi connectivity index (χ0n) is 20.6. The lowest BCUT2D eigenvalue weighted by molar-refractivity contribution is -0.265. The molecule has 0 amide bonds. The van der Waals surface area contributed by atoms with E-state index in [1.165, 1.54) is 38.1 Å². The molecule has 4 rings (SSSR count). The summed E-state index contributed by atoms with van der Waals surface area (Å²) in [5.41, 5.74) is -3.75. The van der Waals surface area contributed by atoms with Crippen LogP contribution in [0.4, 0.5) is 0 Å². The summed E-state index contributed by atoms with van der Waals surface area (Å²) in [6, 6.07) is 6.15. The molecule has 1 aliphatic carbocycles. The van der Waals surface area contributed by atoms with Crippen LogP contribution in [0.5, 0.6) is 11.5 Å². The Kier molecular flexibility index (Phi) is 7.51. The van der Waals surface area contributed by atoms with E-state index in [1.807, 2.05) is 0 Å². The quantitative estimate of drug-likeness (QED) is 0.205. The van der Waals surface area contributed by atoms with Crippen molar-refractivity contribution in [3.05, 3.63) is 58.1 Å². The molecule has 1 fully saturated rings. The lowest BCUT2D eigenvalue weighted by atomic mass is 9.68. The number of phenolic OH excluding ortho intramolecular Hbond substituents is 2. The summed E-state index contributed by atoms with van der Waals surface area (Å²) in [6.45, 7) is 1.65. The second-order valence-corrected chi connectivity index (χ2v) is 9.72. The van der Waals surface area contributed by atoms with Crippen molar-refractivity contribution in [3.63, 3.8) is 0 Å². The number of aliphatic hydroxyl groups excluding tert-OH is 5. The number of hydrogen-bond acceptors (Lipinski definition) is 12. The van der Waals surface area contributed by atoms with E-state index in [0.717, 1.165) is 6.07 Å². The fourth-order valence-corrected chi connectivity index (χ4v) is 4.91. The number of fused-ring (bicyclic) bond motifs is 2. The smallest absolute Gasteiger partial charge is 0.311 e. The minimum absolute atomic E-state index is 0.117. The Morgan fingerprint density at radius 2 is 1.68 bits per heavy atom. The fourth-order valence-electron chi connectivity index (χ4n) is 4.91. The van der Waals surface area contributed by atoms with Crippen LogP contribution in [0.2, 0.25) is 0 Å². The van der Waals surface area contributed by atoms with Gasteiger partial charge in [-0.2, -0.15) is 0 Å². The SMILES string of the molecule is C[C@H](O)[C@@H](C)C(=O)OCc1cc(O)c2c(c1)[C@](O)([C@@H]1O[C@H](CO)[C@@H](O)[C@H](O)[C@H]1O)c1cccc(O)c1C2=O.